The van der Waals surface area contributed by atoms with Crippen molar-refractivity contribution in [3.63, 3.8) is 0 Å². The van der Waals surface area contributed by atoms with Crippen LogP contribution in [0.15, 0.2) is 0 Å². The third-order valence-electron chi connectivity index (χ3n) is 3.90. The van der Waals surface area contributed by atoms with Gasteiger partial charge in [-0.05, 0) is 18.8 Å². The van der Waals surface area contributed by atoms with Crippen molar-refractivity contribution >= 4 is 0 Å². The Hall–Kier alpha value is -0.240. The van der Waals surface area contributed by atoms with Crippen LogP contribution in [0, 0.1) is 5.92 Å². The highest BCUT2D eigenvalue weighted by Gasteiger charge is 2.24. The summed E-state index contributed by atoms with van der Waals surface area (Å²) in [4.78, 5) is 0. The van der Waals surface area contributed by atoms with E-state index in [1.165, 1.54) is 32.1 Å². The van der Waals surface area contributed by atoms with Crippen LogP contribution in [-0.2, 0) is 28.4 Å². The molecule has 0 N–H and O–H groups in total. The summed E-state index contributed by atoms with van der Waals surface area (Å²) in [7, 11) is 0. The Balaban J connectivity index is 1.74. The maximum Gasteiger partial charge on any atom is 0.147 e. The number of hydrogen-bond donors (Lipinski definition) is 0. The Bertz CT molecular complexity index is 228. The highest BCUT2D eigenvalue weighted by Crippen LogP contribution is 2.28. The van der Waals surface area contributed by atoms with Gasteiger partial charge in [-0.15, -0.1) is 0 Å². The Morgan fingerprint density at radius 1 is 0.571 bits per heavy atom. The highest BCUT2D eigenvalue weighted by atomic mass is 16.7. The average Bonchev–Trinajstić information content (AvgIpc) is 2.54. The molecule has 1 saturated carbocycles. The van der Waals surface area contributed by atoms with Crippen molar-refractivity contribution in [3.05, 3.63) is 0 Å². The molecular weight excluding hydrogens is 276 g/mol. The van der Waals surface area contributed by atoms with E-state index in [1.807, 2.05) is 0 Å². The normalized spacial score (nSPS) is 29.4. The van der Waals surface area contributed by atoms with Crippen molar-refractivity contribution in [1.82, 2.24) is 0 Å². The zero-order valence-corrected chi connectivity index (χ0v) is 12.8. The maximum absolute atomic E-state index is 5.87. The molecule has 0 bridgehead atoms. The van der Waals surface area contributed by atoms with Crippen molar-refractivity contribution in [2.75, 3.05) is 53.4 Å². The molecule has 1 heterocycles. The second-order valence-corrected chi connectivity index (χ2v) is 5.46. The second kappa shape index (κ2) is 11.3. The molecule has 21 heavy (non-hydrogen) atoms. The zero-order chi connectivity index (χ0) is 14.6. The fraction of sp³-hybridized carbons (Fsp3) is 1.00. The number of hydrogen-bond acceptors (Lipinski definition) is 6. The van der Waals surface area contributed by atoms with Crippen LogP contribution in [-0.4, -0.2) is 59.5 Å². The molecule has 1 unspecified atom stereocenters. The first-order valence-electron chi connectivity index (χ1n) is 7.97. The highest BCUT2D eigenvalue weighted by molar-refractivity contribution is 4.74. The quantitative estimate of drug-likeness (QED) is 0.738. The van der Waals surface area contributed by atoms with Gasteiger partial charge in [0.2, 0.25) is 0 Å². The minimum atomic E-state index is 0.0937. The summed E-state index contributed by atoms with van der Waals surface area (Å²) in [5.41, 5.74) is 0. The van der Waals surface area contributed by atoms with Crippen LogP contribution in [0.25, 0.3) is 0 Å². The van der Waals surface area contributed by atoms with E-state index in [2.05, 4.69) is 0 Å². The molecule has 1 saturated heterocycles. The first kappa shape index (κ1) is 17.1. The van der Waals surface area contributed by atoms with Gasteiger partial charge in [0.15, 0.2) is 0 Å². The van der Waals surface area contributed by atoms with Crippen molar-refractivity contribution in [2.45, 2.75) is 38.2 Å². The molecule has 2 fully saturated rings. The summed E-state index contributed by atoms with van der Waals surface area (Å²) >= 11 is 0. The number of rotatable bonds is 1. The van der Waals surface area contributed by atoms with E-state index in [0.717, 1.165) is 0 Å². The minimum absolute atomic E-state index is 0.0937. The summed E-state index contributed by atoms with van der Waals surface area (Å²) in [6.45, 7) is 3.42. The molecule has 6 heteroatoms. The van der Waals surface area contributed by atoms with Crippen LogP contribution in [0.4, 0.5) is 0 Å². The van der Waals surface area contributed by atoms with E-state index >= 15 is 0 Å². The fourth-order valence-corrected chi connectivity index (χ4v) is 2.72. The van der Waals surface area contributed by atoms with Crippen molar-refractivity contribution < 1.29 is 28.4 Å². The van der Waals surface area contributed by atoms with Gasteiger partial charge in [0.05, 0.1) is 39.1 Å². The predicted molar refractivity (Wildman–Crippen MR) is 75.8 cm³/mol. The van der Waals surface area contributed by atoms with Crippen molar-refractivity contribution in [1.29, 1.82) is 0 Å². The zero-order valence-electron chi connectivity index (χ0n) is 12.8. The van der Waals surface area contributed by atoms with Gasteiger partial charge >= 0.3 is 0 Å². The summed E-state index contributed by atoms with van der Waals surface area (Å²) in [5, 5.41) is 0. The summed E-state index contributed by atoms with van der Waals surface area (Å²) < 4.78 is 32.8. The Morgan fingerprint density at radius 3 is 1.81 bits per heavy atom. The lowest BCUT2D eigenvalue weighted by molar-refractivity contribution is -0.153. The molecule has 0 aromatic rings. The van der Waals surface area contributed by atoms with E-state index in [4.69, 9.17) is 28.4 Å². The standard InChI is InChI=1S/C15H28O6/c1-2-4-14(5-3-1)15-10-20-12-18-7-6-16-11-17-8-9-19-13-21-15/h14-15H,1-13H2. The van der Waals surface area contributed by atoms with Gasteiger partial charge in [0.25, 0.3) is 0 Å². The molecular formula is C15H28O6. The predicted octanol–water partition coefficient (Wildman–Crippen LogP) is 1.92. The molecule has 0 aromatic heterocycles. The Kier molecular flexibility index (Phi) is 9.25. The largest absolute Gasteiger partial charge is 0.353 e. The maximum atomic E-state index is 5.87. The van der Waals surface area contributed by atoms with E-state index in [1.54, 1.807) is 0 Å². The summed E-state index contributed by atoms with van der Waals surface area (Å²) in [5.74, 6) is 0.567. The molecule has 1 atom stereocenters. The van der Waals surface area contributed by atoms with Crippen LogP contribution < -0.4 is 0 Å². The van der Waals surface area contributed by atoms with E-state index in [0.29, 0.717) is 39.0 Å². The number of ether oxygens (including phenoxy) is 6. The average molecular weight is 304 g/mol. The van der Waals surface area contributed by atoms with Gasteiger partial charge in [-0.2, -0.15) is 0 Å². The minimum Gasteiger partial charge on any atom is -0.353 e. The molecule has 2 rings (SSSR count). The van der Waals surface area contributed by atoms with Gasteiger partial charge in [-0.1, -0.05) is 19.3 Å². The van der Waals surface area contributed by atoms with Gasteiger partial charge < -0.3 is 28.4 Å². The van der Waals surface area contributed by atoms with E-state index in [9.17, 15) is 0 Å². The molecule has 124 valence electrons. The topological polar surface area (TPSA) is 55.4 Å². The lowest BCUT2D eigenvalue weighted by atomic mass is 9.85. The van der Waals surface area contributed by atoms with Crippen LogP contribution in [0.1, 0.15) is 32.1 Å². The molecule has 2 aliphatic rings. The Morgan fingerprint density at radius 2 is 1.14 bits per heavy atom. The SMILES string of the molecule is C1CCC(C2COCOCCOCOCCOCO2)CC1. The van der Waals surface area contributed by atoms with Crippen LogP contribution in [0.2, 0.25) is 0 Å². The molecule has 1 aliphatic carbocycles. The lowest BCUT2D eigenvalue weighted by Gasteiger charge is -2.30. The molecule has 0 amide bonds. The monoisotopic (exact) mass is 304 g/mol. The lowest BCUT2D eigenvalue weighted by Crippen LogP contribution is -2.32. The molecule has 1 aliphatic heterocycles. The molecule has 0 spiro atoms. The smallest absolute Gasteiger partial charge is 0.147 e. The molecule has 6 nitrogen and oxygen atoms in total. The van der Waals surface area contributed by atoms with Crippen molar-refractivity contribution in [2.24, 2.45) is 5.92 Å². The Labute approximate surface area is 127 Å². The van der Waals surface area contributed by atoms with Gasteiger partial charge in [-0.3, -0.25) is 0 Å². The summed E-state index contributed by atoms with van der Waals surface area (Å²) in [6, 6.07) is 0. The third-order valence-corrected chi connectivity index (χ3v) is 3.90. The van der Waals surface area contributed by atoms with Crippen LogP contribution in [0.3, 0.4) is 0 Å². The third kappa shape index (κ3) is 7.54. The first-order chi connectivity index (χ1) is 10.5. The first-order valence-corrected chi connectivity index (χ1v) is 7.97. The van der Waals surface area contributed by atoms with Gasteiger partial charge in [0, 0.05) is 0 Å². The fourth-order valence-electron chi connectivity index (χ4n) is 2.72. The van der Waals surface area contributed by atoms with Gasteiger partial charge in [0.1, 0.15) is 20.4 Å². The second-order valence-electron chi connectivity index (χ2n) is 5.46. The van der Waals surface area contributed by atoms with Crippen LogP contribution in [0.5, 0.6) is 0 Å². The molecule has 0 aromatic carbocycles. The van der Waals surface area contributed by atoms with E-state index in [-0.39, 0.29) is 26.5 Å². The summed E-state index contributed by atoms with van der Waals surface area (Å²) in [6.07, 6.45) is 6.43. The molecule has 0 radical (unpaired) electrons. The van der Waals surface area contributed by atoms with E-state index < -0.39 is 0 Å². The van der Waals surface area contributed by atoms with Crippen LogP contribution >= 0.6 is 0 Å². The van der Waals surface area contributed by atoms with Crippen molar-refractivity contribution in [3.8, 4) is 0 Å². The van der Waals surface area contributed by atoms with Gasteiger partial charge in [-0.25, -0.2) is 0 Å².